The summed E-state index contributed by atoms with van der Waals surface area (Å²) in [5, 5.41) is 0. The standard InChI is InChI=1S/C15H25N3O2/c1-10(2)18(9-14(17)19)15(11(3)16)12-7-5-6-8-13(12)20-4/h5-8,10-11,15H,9,16H2,1-4H3,(H2,17,19). The molecule has 2 unspecified atom stereocenters. The number of primary amides is 1. The van der Waals surface area contributed by atoms with Gasteiger partial charge >= 0.3 is 0 Å². The Bertz CT molecular complexity index is 446. The number of para-hydroxylation sites is 1. The van der Waals surface area contributed by atoms with Crippen molar-refractivity contribution in [2.24, 2.45) is 11.5 Å². The molecule has 1 rings (SSSR count). The van der Waals surface area contributed by atoms with Crippen LogP contribution in [0.2, 0.25) is 0 Å². The summed E-state index contributed by atoms with van der Waals surface area (Å²) in [6.07, 6.45) is 0. The van der Waals surface area contributed by atoms with Crippen molar-refractivity contribution in [2.75, 3.05) is 13.7 Å². The van der Waals surface area contributed by atoms with Gasteiger partial charge in [-0.15, -0.1) is 0 Å². The molecular formula is C15H25N3O2. The lowest BCUT2D eigenvalue weighted by Crippen LogP contribution is -2.47. The van der Waals surface area contributed by atoms with Crippen LogP contribution in [0.4, 0.5) is 0 Å². The van der Waals surface area contributed by atoms with Gasteiger partial charge in [-0.3, -0.25) is 9.69 Å². The highest BCUT2D eigenvalue weighted by Crippen LogP contribution is 2.32. The number of hydrogen-bond donors (Lipinski definition) is 2. The first kappa shape index (κ1) is 16.5. The molecule has 112 valence electrons. The second-order valence-electron chi connectivity index (χ2n) is 5.28. The Labute approximate surface area is 120 Å². The van der Waals surface area contributed by atoms with Gasteiger partial charge in [0.05, 0.1) is 19.7 Å². The minimum atomic E-state index is -0.362. The number of ether oxygens (including phenoxy) is 1. The van der Waals surface area contributed by atoms with Crippen LogP contribution >= 0.6 is 0 Å². The summed E-state index contributed by atoms with van der Waals surface area (Å²) in [6, 6.07) is 7.58. The number of carbonyl (C=O) groups excluding carboxylic acids is 1. The van der Waals surface area contributed by atoms with Crippen molar-refractivity contribution < 1.29 is 9.53 Å². The first-order valence-corrected chi connectivity index (χ1v) is 6.81. The van der Waals surface area contributed by atoms with Gasteiger partial charge in [0.25, 0.3) is 0 Å². The SMILES string of the molecule is COc1ccccc1C(C(C)N)N(CC(N)=O)C(C)C. The molecule has 0 spiro atoms. The Morgan fingerprint density at radius 2 is 1.90 bits per heavy atom. The molecule has 5 heteroatoms. The summed E-state index contributed by atoms with van der Waals surface area (Å²) in [6.45, 7) is 6.14. The molecule has 4 N–H and O–H groups in total. The molecular weight excluding hydrogens is 254 g/mol. The molecule has 0 aliphatic rings. The minimum absolute atomic E-state index is 0.126. The molecule has 0 saturated carbocycles. The summed E-state index contributed by atoms with van der Waals surface area (Å²) in [7, 11) is 1.63. The normalized spacial score (nSPS) is 14.3. The van der Waals surface area contributed by atoms with Crippen LogP contribution in [0.5, 0.6) is 5.75 Å². The Morgan fingerprint density at radius 1 is 1.30 bits per heavy atom. The van der Waals surface area contributed by atoms with Crippen LogP contribution in [0, 0.1) is 0 Å². The molecule has 5 nitrogen and oxygen atoms in total. The van der Waals surface area contributed by atoms with Gasteiger partial charge in [0.15, 0.2) is 0 Å². The topological polar surface area (TPSA) is 81.6 Å². The Morgan fingerprint density at radius 3 is 2.35 bits per heavy atom. The Balaban J connectivity index is 3.23. The van der Waals surface area contributed by atoms with E-state index in [-0.39, 0.29) is 30.6 Å². The van der Waals surface area contributed by atoms with E-state index >= 15 is 0 Å². The van der Waals surface area contributed by atoms with Crippen molar-refractivity contribution in [3.8, 4) is 5.75 Å². The lowest BCUT2D eigenvalue weighted by Gasteiger charge is -2.37. The summed E-state index contributed by atoms with van der Waals surface area (Å²) < 4.78 is 5.41. The molecule has 0 fully saturated rings. The van der Waals surface area contributed by atoms with Crippen molar-refractivity contribution >= 4 is 5.91 Å². The monoisotopic (exact) mass is 279 g/mol. The van der Waals surface area contributed by atoms with Crippen LogP contribution in [-0.4, -0.2) is 36.5 Å². The van der Waals surface area contributed by atoms with Crippen molar-refractivity contribution in [3.05, 3.63) is 29.8 Å². The molecule has 0 radical (unpaired) electrons. The number of nitrogens with zero attached hydrogens (tertiary/aromatic N) is 1. The third-order valence-electron chi connectivity index (χ3n) is 3.31. The lowest BCUT2D eigenvalue weighted by molar-refractivity contribution is -0.120. The quantitative estimate of drug-likeness (QED) is 0.787. The fraction of sp³-hybridized carbons (Fsp3) is 0.533. The molecule has 1 aromatic carbocycles. The molecule has 2 atom stereocenters. The Kier molecular flexibility index (Phi) is 5.98. The van der Waals surface area contributed by atoms with Crippen LogP contribution in [0.1, 0.15) is 32.4 Å². The van der Waals surface area contributed by atoms with E-state index < -0.39 is 0 Å². The second kappa shape index (κ2) is 7.26. The van der Waals surface area contributed by atoms with Crippen molar-refractivity contribution in [2.45, 2.75) is 38.9 Å². The summed E-state index contributed by atoms with van der Waals surface area (Å²) in [4.78, 5) is 13.3. The third-order valence-corrected chi connectivity index (χ3v) is 3.31. The molecule has 20 heavy (non-hydrogen) atoms. The largest absolute Gasteiger partial charge is 0.496 e. The molecule has 0 bridgehead atoms. The number of rotatable bonds is 7. The van der Waals surface area contributed by atoms with E-state index in [1.807, 2.05) is 49.9 Å². The first-order chi connectivity index (χ1) is 9.38. The second-order valence-corrected chi connectivity index (χ2v) is 5.28. The van der Waals surface area contributed by atoms with Gasteiger partial charge in [-0.25, -0.2) is 0 Å². The average molecular weight is 279 g/mol. The van der Waals surface area contributed by atoms with Gasteiger partial charge in [-0.2, -0.15) is 0 Å². The Hall–Kier alpha value is -1.59. The number of methoxy groups -OCH3 is 1. The highest BCUT2D eigenvalue weighted by atomic mass is 16.5. The van der Waals surface area contributed by atoms with Crippen LogP contribution in [-0.2, 0) is 4.79 Å². The predicted molar refractivity (Wildman–Crippen MR) is 80.4 cm³/mol. The van der Waals surface area contributed by atoms with Crippen LogP contribution in [0.15, 0.2) is 24.3 Å². The predicted octanol–water partition coefficient (Wildman–Crippen LogP) is 1.28. The maximum absolute atomic E-state index is 11.3. The van der Waals surface area contributed by atoms with E-state index in [2.05, 4.69) is 0 Å². The maximum Gasteiger partial charge on any atom is 0.231 e. The highest BCUT2D eigenvalue weighted by Gasteiger charge is 2.29. The van der Waals surface area contributed by atoms with E-state index in [9.17, 15) is 4.79 Å². The van der Waals surface area contributed by atoms with E-state index in [1.165, 1.54) is 0 Å². The zero-order valence-corrected chi connectivity index (χ0v) is 12.7. The number of hydrogen-bond acceptors (Lipinski definition) is 4. The van der Waals surface area contributed by atoms with Gasteiger partial charge < -0.3 is 16.2 Å². The molecule has 0 saturated heterocycles. The lowest BCUT2D eigenvalue weighted by atomic mass is 9.96. The first-order valence-electron chi connectivity index (χ1n) is 6.81. The maximum atomic E-state index is 11.3. The molecule has 0 aromatic heterocycles. The van der Waals surface area contributed by atoms with E-state index in [4.69, 9.17) is 16.2 Å². The fourth-order valence-corrected chi connectivity index (χ4v) is 2.46. The summed E-state index contributed by atoms with van der Waals surface area (Å²) in [5.41, 5.74) is 12.5. The zero-order chi connectivity index (χ0) is 15.3. The third kappa shape index (κ3) is 3.95. The fourth-order valence-electron chi connectivity index (χ4n) is 2.46. The summed E-state index contributed by atoms with van der Waals surface area (Å²) >= 11 is 0. The summed E-state index contributed by atoms with van der Waals surface area (Å²) in [5.74, 6) is 0.407. The van der Waals surface area contributed by atoms with Crippen molar-refractivity contribution in [3.63, 3.8) is 0 Å². The molecule has 0 aliphatic carbocycles. The average Bonchev–Trinajstić information content (AvgIpc) is 2.37. The smallest absolute Gasteiger partial charge is 0.231 e. The van der Waals surface area contributed by atoms with Gasteiger partial charge in [0, 0.05) is 17.6 Å². The van der Waals surface area contributed by atoms with Crippen LogP contribution in [0.25, 0.3) is 0 Å². The minimum Gasteiger partial charge on any atom is -0.496 e. The van der Waals surface area contributed by atoms with Crippen LogP contribution in [0.3, 0.4) is 0 Å². The number of nitrogens with two attached hydrogens (primary N) is 2. The number of benzene rings is 1. The number of amides is 1. The van der Waals surface area contributed by atoms with Gasteiger partial charge in [-0.05, 0) is 26.8 Å². The van der Waals surface area contributed by atoms with Gasteiger partial charge in [-0.1, -0.05) is 18.2 Å². The zero-order valence-electron chi connectivity index (χ0n) is 12.7. The van der Waals surface area contributed by atoms with Gasteiger partial charge in [0.2, 0.25) is 5.91 Å². The van der Waals surface area contributed by atoms with E-state index in [1.54, 1.807) is 7.11 Å². The molecule has 0 aliphatic heterocycles. The molecule has 1 aromatic rings. The van der Waals surface area contributed by atoms with Gasteiger partial charge in [0.1, 0.15) is 5.75 Å². The molecule has 0 heterocycles. The highest BCUT2D eigenvalue weighted by molar-refractivity contribution is 5.76. The van der Waals surface area contributed by atoms with Crippen molar-refractivity contribution in [1.82, 2.24) is 4.90 Å². The van der Waals surface area contributed by atoms with E-state index in [0.717, 1.165) is 11.3 Å². The molecule has 1 amide bonds. The van der Waals surface area contributed by atoms with E-state index in [0.29, 0.717) is 0 Å². The van der Waals surface area contributed by atoms with Crippen LogP contribution < -0.4 is 16.2 Å². The van der Waals surface area contributed by atoms with Crippen molar-refractivity contribution in [1.29, 1.82) is 0 Å². The number of carbonyl (C=O) groups is 1.